The van der Waals surface area contributed by atoms with Crippen LogP contribution in [0.2, 0.25) is 0 Å². The van der Waals surface area contributed by atoms with Crippen LogP contribution in [0.1, 0.15) is 12.5 Å². The number of rotatable bonds is 5. The average Bonchev–Trinajstić information content (AvgIpc) is 2.38. The van der Waals surface area contributed by atoms with Gasteiger partial charge in [-0.3, -0.25) is 9.88 Å². The topological polar surface area (TPSA) is 42.1 Å². The molecule has 90 valence electrons. The van der Waals surface area contributed by atoms with Gasteiger partial charge in [-0.25, -0.2) is 0 Å². The Balaban J connectivity index is 2.18. The number of fused-ring (bicyclic) bond motifs is 1. The van der Waals surface area contributed by atoms with Crippen LogP contribution in [0.5, 0.6) is 0 Å². The molecule has 0 unspecified atom stereocenters. The van der Waals surface area contributed by atoms with Crippen molar-refractivity contribution in [1.29, 1.82) is 0 Å². The number of benzene rings is 1. The van der Waals surface area contributed by atoms with Gasteiger partial charge in [0.1, 0.15) is 0 Å². The molecule has 0 aliphatic rings. The van der Waals surface area contributed by atoms with E-state index in [1.54, 1.807) is 0 Å². The van der Waals surface area contributed by atoms with Crippen LogP contribution in [-0.2, 0) is 6.54 Å². The first kappa shape index (κ1) is 12.0. The predicted molar refractivity (Wildman–Crippen MR) is 71.7 cm³/mol. The summed E-state index contributed by atoms with van der Waals surface area (Å²) in [6.45, 7) is 5.81. The largest absolute Gasteiger partial charge is 0.329 e. The molecule has 0 spiro atoms. The molecule has 1 aromatic heterocycles. The number of pyridine rings is 1. The quantitative estimate of drug-likeness (QED) is 0.853. The minimum atomic E-state index is 0.711. The van der Waals surface area contributed by atoms with Gasteiger partial charge in [-0.15, -0.1) is 0 Å². The van der Waals surface area contributed by atoms with Gasteiger partial charge in [0.05, 0.1) is 5.52 Å². The Labute approximate surface area is 102 Å². The van der Waals surface area contributed by atoms with E-state index in [0.29, 0.717) is 6.54 Å². The van der Waals surface area contributed by atoms with Crippen molar-refractivity contribution >= 4 is 10.9 Å². The summed E-state index contributed by atoms with van der Waals surface area (Å²) in [6, 6.07) is 10.5. The zero-order chi connectivity index (χ0) is 12.1. The highest BCUT2D eigenvalue weighted by Crippen LogP contribution is 2.14. The molecule has 17 heavy (non-hydrogen) atoms. The second-order valence-electron chi connectivity index (χ2n) is 4.19. The third-order valence-electron chi connectivity index (χ3n) is 2.97. The van der Waals surface area contributed by atoms with Crippen LogP contribution < -0.4 is 5.73 Å². The highest BCUT2D eigenvalue weighted by atomic mass is 15.1. The molecule has 0 aliphatic carbocycles. The Morgan fingerprint density at radius 3 is 2.94 bits per heavy atom. The van der Waals surface area contributed by atoms with E-state index in [4.69, 9.17) is 5.73 Å². The van der Waals surface area contributed by atoms with Gasteiger partial charge in [-0.05, 0) is 30.3 Å². The summed E-state index contributed by atoms with van der Waals surface area (Å²) in [4.78, 5) is 6.67. The lowest BCUT2D eigenvalue weighted by Gasteiger charge is -2.19. The summed E-state index contributed by atoms with van der Waals surface area (Å²) in [6.07, 6.45) is 1.83. The Kier molecular flexibility index (Phi) is 4.07. The van der Waals surface area contributed by atoms with Crippen LogP contribution in [0.3, 0.4) is 0 Å². The van der Waals surface area contributed by atoms with Crippen LogP contribution in [0.15, 0.2) is 36.5 Å². The molecule has 3 nitrogen and oxygen atoms in total. The van der Waals surface area contributed by atoms with E-state index in [-0.39, 0.29) is 0 Å². The van der Waals surface area contributed by atoms with E-state index in [2.05, 4.69) is 41.1 Å². The second-order valence-corrected chi connectivity index (χ2v) is 4.19. The summed E-state index contributed by atoms with van der Waals surface area (Å²) in [5, 5.41) is 1.20. The molecule has 0 saturated carbocycles. The van der Waals surface area contributed by atoms with E-state index in [9.17, 15) is 0 Å². The Morgan fingerprint density at radius 2 is 2.18 bits per heavy atom. The maximum Gasteiger partial charge on any atom is 0.0702 e. The van der Waals surface area contributed by atoms with Crippen molar-refractivity contribution < 1.29 is 0 Å². The lowest BCUT2D eigenvalue weighted by molar-refractivity contribution is 0.288. The summed E-state index contributed by atoms with van der Waals surface area (Å²) >= 11 is 0. The molecule has 0 amide bonds. The number of nitrogens with zero attached hydrogens (tertiary/aromatic N) is 2. The maximum absolute atomic E-state index is 5.60. The molecule has 0 atom stereocenters. The lowest BCUT2D eigenvalue weighted by Crippen LogP contribution is -2.28. The summed E-state index contributed by atoms with van der Waals surface area (Å²) in [5.74, 6) is 0. The van der Waals surface area contributed by atoms with Crippen molar-refractivity contribution in [2.75, 3.05) is 19.6 Å². The third-order valence-corrected chi connectivity index (χ3v) is 2.97. The van der Waals surface area contributed by atoms with Gasteiger partial charge in [-0.1, -0.05) is 19.1 Å². The van der Waals surface area contributed by atoms with Gasteiger partial charge >= 0.3 is 0 Å². The molecule has 0 fully saturated rings. The van der Waals surface area contributed by atoms with Crippen LogP contribution in [-0.4, -0.2) is 29.5 Å². The second kappa shape index (κ2) is 5.75. The van der Waals surface area contributed by atoms with Crippen molar-refractivity contribution in [3.63, 3.8) is 0 Å². The summed E-state index contributed by atoms with van der Waals surface area (Å²) < 4.78 is 0. The van der Waals surface area contributed by atoms with Gasteiger partial charge in [-0.2, -0.15) is 0 Å². The zero-order valence-electron chi connectivity index (χ0n) is 10.3. The van der Waals surface area contributed by atoms with E-state index >= 15 is 0 Å². The fourth-order valence-corrected chi connectivity index (χ4v) is 2.01. The van der Waals surface area contributed by atoms with Crippen molar-refractivity contribution in [3.05, 3.63) is 42.1 Å². The SMILES string of the molecule is CCN(CCN)Cc1ccc2ncccc2c1. The van der Waals surface area contributed by atoms with Crippen molar-refractivity contribution in [2.45, 2.75) is 13.5 Å². The molecular weight excluding hydrogens is 210 g/mol. The fraction of sp³-hybridized carbons (Fsp3) is 0.357. The van der Waals surface area contributed by atoms with E-state index < -0.39 is 0 Å². The Hall–Kier alpha value is -1.45. The number of hydrogen-bond acceptors (Lipinski definition) is 3. The molecule has 2 aromatic rings. The smallest absolute Gasteiger partial charge is 0.0702 e. The van der Waals surface area contributed by atoms with Crippen molar-refractivity contribution in [1.82, 2.24) is 9.88 Å². The molecule has 2 rings (SSSR count). The maximum atomic E-state index is 5.60. The van der Waals surface area contributed by atoms with Crippen LogP contribution in [0.25, 0.3) is 10.9 Å². The highest BCUT2D eigenvalue weighted by molar-refractivity contribution is 5.78. The minimum absolute atomic E-state index is 0.711. The molecular formula is C14H19N3. The number of nitrogens with two attached hydrogens (primary N) is 1. The van der Waals surface area contributed by atoms with Crippen LogP contribution >= 0.6 is 0 Å². The fourth-order valence-electron chi connectivity index (χ4n) is 2.01. The number of hydrogen-bond donors (Lipinski definition) is 1. The molecule has 0 radical (unpaired) electrons. The zero-order valence-corrected chi connectivity index (χ0v) is 10.3. The molecule has 0 aliphatic heterocycles. The third kappa shape index (κ3) is 3.02. The van der Waals surface area contributed by atoms with Gasteiger partial charge in [0.15, 0.2) is 0 Å². The summed E-state index contributed by atoms with van der Waals surface area (Å²) in [5.41, 5.74) is 7.97. The molecule has 0 saturated heterocycles. The first-order valence-electron chi connectivity index (χ1n) is 6.09. The van der Waals surface area contributed by atoms with Crippen molar-refractivity contribution in [2.24, 2.45) is 5.73 Å². The molecule has 1 aromatic carbocycles. The standard InChI is InChI=1S/C14H19N3/c1-2-17(9-7-15)11-12-5-6-14-13(10-12)4-3-8-16-14/h3-6,8,10H,2,7,9,11,15H2,1H3. The number of aromatic nitrogens is 1. The highest BCUT2D eigenvalue weighted by Gasteiger charge is 2.03. The molecule has 0 bridgehead atoms. The minimum Gasteiger partial charge on any atom is -0.329 e. The summed E-state index contributed by atoms with van der Waals surface area (Å²) in [7, 11) is 0. The first-order chi connectivity index (χ1) is 8.33. The monoisotopic (exact) mass is 229 g/mol. The van der Waals surface area contributed by atoms with Gasteiger partial charge in [0.25, 0.3) is 0 Å². The molecule has 2 N–H and O–H groups in total. The Morgan fingerprint density at radius 1 is 1.29 bits per heavy atom. The Bertz CT molecular complexity index is 482. The predicted octanol–water partition coefficient (Wildman–Crippen LogP) is 2.02. The van der Waals surface area contributed by atoms with Gasteiger partial charge in [0, 0.05) is 31.2 Å². The van der Waals surface area contributed by atoms with Gasteiger partial charge in [0.2, 0.25) is 0 Å². The number of likely N-dealkylation sites (N-methyl/N-ethyl adjacent to an activating group) is 1. The van der Waals surface area contributed by atoms with Crippen molar-refractivity contribution in [3.8, 4) is 0 Å². The molecule has 1 heterocycles. The van der Waals surface area contributed by atoms with E-state index in [1.165, 1.54) is 10.9 Å². The average molecular weight is 229 g/mol. The van der Waals surface area contributed by atoms with Gasteiger partial charge < -0.3 is 5.73 Å². The van der Waals surface area contributed by atoms with E-state index in [1.807, 2.05) is 12.3 Å². The normalized spacial score (nSPS) is 11.2. The van der Waals surface area contributed by atoms with Crippen LogP contribution in [0, 0.1) is 0 Å². The molecule has 3 heteroatoms. The van der Waals surface area contributed by atoms with E-state index in [0.717, 1.165) is 25.2 Å². The first-order valence-corrected chi connectivity index (χ1v) is 6.09. The lowest BCUT2D eigenvalue weighted by atomic mass is 10.1. The van der Waals surface area contributed by atoms with Crippen LogP contribution in [0.4, 0.5) is 0 Å².